The molecule has 9 heteroatoms. The predicted octanol–water partition coefficient (Wildman–Crippen LogP) is 1.54. The molecule has 8 nitrogen and oxygen atoms in total. The number of carbonyl (C=O) groups is 3. The van der Waals surface area contributed by atoms with E-state index in [4.69, 9.17) is 21.1 Å². The van der Waals surface area contributed by atoms with Gasteiger partial charge in [-0.3, -0.25) is 14.4 Å². The Balaban J connectivity index is 3.01. The summed E-state index contributed by atoms with van der Waals surface area (Å²) in [5, 5.41) is 0.305. The molecule has 0 aromatic heterocycles. The van der Waals surface area contributed by atoms with Crippen molar-refractivity contribution in [2.75, 3.05) is 41.5 Å². The lowest BCUT2D eigenvalue weighted by atomic mass is 10.2. The highest BCUT2D eigenvalue weighted by atomic mass is 35.5. The van der Waals surface area contributed by atoms with Crippen molar-refractivity contribution in [2.45, 2.75) is 0 Å². The minimum atomic E-state index is -0.662. The van der Waals surface area contributed by atoms with E-state index in [9.17, 15) is 14.4 Å². The Labute approximate surface area is 156 Å². The van der Waals surface area contributed by atoms with Gasteiger partial charge in [0, 0.05) is 6.08 Å². The van der Waals surface area contributed by atoms with Crippen LogP contribution < -0.4 is 9.47 Å². The standard InChI is InChI=1S/C17H20ClNO7/c1-23-13-8-11(7-12(18)17(13)26-4)5-6-14(20)19(9-15(21)24-2)10-16(22)25-3/h5-8H,9-10H2,1-4H3/b6-5-. The van der Waals surface area contributed by atoms with Crippen LogP contribution in [0.4, 0.5) is 0 Å². The molecule has 0 aliphatic heterocycles. The van der Waals surface area contributed by atoms with E-state index in [2.05, 4.69) is 9.47 Å². The molecule has 142 valence electrons. The lowest BCUT2D eigenvalue weighted by molar-refractivity contribution is -0.150. The van der Waals surface area contributed by atoms with Crippen LogP contribution >= 0.6 is 11.6 Å². The van der Waals surface area contributed by atoms with Crippen molar-refractivity contribution >= 4 is 35.5 Å². The molecule has 0 saturated carbocycles. The molecule has 0 unspecified atom stereocenters. The summed E-state index contributed by atoms with van der Waals surface area (Å²) in [6, 6.07) is 3.21. The van der Waals surface area contributed by atoms with Crippen LogP contribution in [0.15, 0.2) is 18.2 Å². The second kappa shape index (κ2) is 10.3. The zero-order valence-corrected chi connectivity index (χ0v) is 15.7. The van der Waals surface area contributed by atoms with E-state index < -0.39 is 17.8 Å². The maximum atomic E-state index is 12.3. The molecule has 1 aromatic carbocycles. The van der Waals surface area contributed by atoms with E-state index in [0.29, 0.717) is 22.1 Å². The molecule has 0 spiro atoms. The van der Waals surface area contributed by atoms with Crippen molar-refractivity contribution < 1.29 is 33.3 Å². The third-order valence-electron chi connectivity index (χ3n) is 3.28. The minimum absolute atomic E-state index is 0.305. The molecule has 0 fully saturated rings. The first-order chi connectivity index (χ1) is 12.4. The van der Waals surface area contributed by atoms with E-state index >= 15 is 0 Å². The molecule has 0 aliphatic carbocycles. The Morgan fingerprint density at radius 1 is 1.00 bits per heavy atom. The average Bonchev–Trinajstić information content (AvgIpc) is 2.64. The van der Waals surface area contributed by atoms with E-state index in [1.54, 1.807) is 12.1 Å². The van der Waals surface area contributed by atoms with Gasteiger partial charge in [-0.05, 0) is 23.8 Å². The molecule has 0 saturated heterocycles. The van der Waals surface area contributed by atoms with Crippen molar-refractivity contribution in [1.82, 2.24) is 4.90 Å². The number of halogens is 1. The second-order valence-corrected chi connectivity index (χ2v) is 5.33. The highest BCUT2D eigenvalue weighted by Gasteiger charge is 2.19. The van der Waals surface area contributed by atoms with Gasteiger partial charge in [0.15, 0.2) is 11.5 Å². The van der Waals surface area contributed by atoms with E-state index in [0.717, 1.165) is 4.90 Å². The third-order valence-corrected chi connectivity index (χ3v) is 3.56. The quantitative estimate of drug-likeness (QED) is 0.495. The lowest BCUT2D eigenvalue weighted by Gasteiger charge is -2.18. The molecule has 1 rings (SSSR count). The number of rotatable bonds is 8. The second-order valence-electron chi connectivity index (χ2n) is 4.92. The van der Waals surface area contributed by atoms with Gasteiger partial charge in [0.1, 0.15) is 13.1 Å². The largest absolute Gasteiger partial charge is 0.493 e. The average molecular weight is 386 g/mol. The highest BCUT2D eigenvalue weighted by Crippen LogP contribution is 2.36. The molecule has 0 aliphatic rings. The highest BCUT2D eigenvalue weighted by molar-refractivity contribution is 6.32. The van der Waals surface area contributed by atoms with Crippen LogP contribution in [0.2, 0.25) is 5.02 Å². The molecule has 0 radical (unpaired) electrons. The molecule has 0 N–H and O–H groups in total. The fourth-order valence-corrected chi connectivity index (χ4v) is 2.26. The summed E-state index contributed by atoms with van der Waals surface area (Å²) in [6.07, 6.45) is 2.67. The van der Waals surface area contributed by atoms with E-state index in [1.165, 1.54) is 40.6 Å². The maximum absolute atomic E-state index is 12.3. The Morgan fingerprint density at radius 2 is 1.58 bits per heavy atom. The van der Waals surface area contributed by atoms with Gasteiger partial charge < -0.3 is 23.8 Å². The van der Waals surface area contributed by atoms with Gasteiger partial charge in [0.2, 0.25) is 5.91 Å². The summed E-state index contributed by atoms with van der Waals surface area (Å²) >= 11 is 6.11. The van der Waals surface area contributed by atoms with E-state index in [-0.39, 0.29) is 13.1 Å². The number of benzene rings is 1. The van der Waals surface area contributed by atoms with Gasteiger partial charge in [-0.25, -0.2) is 0 Å². The number of nitrogens with zero attached hydrogens (tertiary/aromatic N) is 1. The van der Waals surface area contributed by atoms with Crippen molar-refractivity contribution in [1.29, 1.82) is 0 Å². The third kappa shape index (κ3) is 5.96. The molecular weight excluding hydrogens is 366 g/mol. The van der Waals surface area contributed by atoms with Crippen LogP contribution in [-0.4, -0.2) is 64.3 Å². The van der Waals surface area contributed by atoms with Crippen LogP contribution in [0.25, 0.3) is 6.08 Å². The summed E-state index contributed by atoms with van der Waals surface area (Å²) < 4.78 is 19.4. The monoisotopic (exact) mass is 385 g/mol. The Kier molecular flexibility index (Phi) is 8.44. The van der Waals surface area contributed by atoms with E-state index in [1.807, 2.05) is 0 Å². The number of amides is 1. The Morgan fingerprint density at radius 3 is 2.04 bits per heavy atom. The van der Waals surface area contributed by atoms with Gasteiger partial charge in [0.25, 0.3) is 0 Å². The van der Waals surface area contributed by atoms with Gasteiger partial charge in [-0.1, -0.05) is 11.6 Å². The Bertz CT molecular complexity index is 685. The predicted molar refractivity (Wildman–Crippen MR) is 94.2 cm³/mol. The van der Waals surface area contributed by atoms with Gasteiger partial charge >= 0.3 is 11.9 Å². The Hall–Kier alpha value is -2.74. The fourth-order valence-electron chi connectivity index (χ4n) is 1.96. The van der Waals surface area contributed by atoms with Crippen LogP contribution in [0.3, 0.4) is 0 Å². The van der Waals surface area contributed by atoms with Gasteiger partial charge in [0.05, 0.1) is 33.5 Å². The molecule has 1 aromatic rings. The molecule has 1 amide bonds. The normalized spacial score (nSPS) is 10.3. The van der Waals surface area contributed by atoms with Crippen molar-refractivity contribution in [3.05, 3.63) is 28.8 Å². The lowest BCUT2D eigenvalue weighted by Crippen LogP contribution is -2.39. The summed E-state index contributed by atoms with van der Waals surface area (Å²) in [5.41, 5.74) is 0.567. The zero-order valence-electron chi connectivity index (χ0n) is 14.9. The van der Waals surface area contributed by atoms with Gasteiger partial charge in [-0.15, -0.1) is 0 Å². The summed E-state index contributed by atoms with van der Waals surface area (Å²) in [5.74, 6) is -1.13. The number of carbonyl (C=O) groups excluding carboxylic acids is 3. The summed E-state index contributed by atoms with van der Waals surface area (Å²) in [6.45, 7) is -0.775. The summed E-state index contributed by atoms with van der Waals surface area (Å²) in [4.78, 5) is 36.2. The number of methoxy groups -OCH3 is 4. The first kappa shape index (κ1) is 21.3. The topological polar surface area (TPSA) is 91.4 Å². The minimum Gasteiger partial charge on any atom is -0.493 e. The fraction of sp³-hybridized carbons (Fsp3) is 0.353. The first-order valence-corrected chi connectivity index (χ1v) is 7.76. The van der Waals surface area contributed by atoms with Crippen LogP contribution in [0, 0.1) is 0 Å². The van der Waals surface area contributed by atoms with Crippen molar-refractivity contribution in [3.63, 3.8) is 0 Å². The molecule has 26 heavy (non-hydrogen) atoms. The number of ether oxygens (including phenoxy) is 4. The van der Waals surface area contributed by atoms with Crippen molar-refractivity contribution in [3.8, 4) is 11.5 Å². The SMILES string of the molecule is COC(=O)CN(CC(=O)OC)C(=O)/C=C\c1cc(Cl)c(OC)c(OC)c1. The molecular formula is C17H20ClNO7. The summed E-state index contributed by atoms with van der Waals surface area (Å²) in [7, 11) is 5.29. The van der Waals surface area contributed by atoms with Crippen LogP contribution in [-0.2, 0) is 23.9 Å². The zero-order chi connectivity index (χ0) is 19.7. The number of hydrogen-bond acceptors (Lipinski definition) is 7. The molecule has 0 heterocycles. The molecule has 0 atom stereocenters. The first-order valence-electron chi connectivity index (χ1n) is 7.38. The maximum Gasteiger partial charge on any atom is 0.325 e. The number of hydrogen-bond donors (Lipinski definition) is 0. The van der Waals surface area contributed by atoms with Crippen LogP contribution in [0.5, 0.6) is 11.5 Å². The smallest absolute Gasteiger partial charge is 0.325 e. The van der Waals surface area contributed by atoms with Crippen molar-refractivity contribution in [2.24, 2.45) is 0 Å². The van der Waals surface area contributed by atoms with Crippen LogP contribution in [0.1, 0.15) is 5.56 Å². The van der Waals surface area contributed by atoms with Gasteiger partial charge in [-0.2, -0.15) is 0 Å². The number of esters is 2. The molecule has 0 bridgehead atoms.